The number of hydrogen-bond donors (Lipinski definition) is 1. The second-order valence-corrected chi connectivity index (χ2v) is 3.43. The molecule has 16 heavy (non-hydrogen) atoms. The van der Waals surface area contributed by atoms with Crippen molar-refractivity contribution < 1.29 is 24.1 Å². The summed E-state index contributed by atoms with van der Waals surface area (Å²) in [5.74, 6) is 0.103. The zero-order valence-electron chi connectivity index (χ0n) is 9.02. The van der Waals surface area contributed by atoms with E-state index in [0.29, 0.717) is 17.1 Å². The normalized spacial score (nSPS) is 18.0. The lowest BCUT2D eigenvalue weighted by atomic mass is 10.0. The molecule has 0 amide bonds. The molecule has 1 aromatic rings. The minimum absolute atomic E-state index is 0.264. The third-order valence-electron chi connectivity index (χ3n) is 2.55. The molecule has 1 aromatic carbocycles. The summed E-state index contributed by atoms with van der Waals surface area (Å²) in [7, 11) is 3.04. The van der Waals surface area contributed by atoms with E-state index in [1.165, 1.54) is 7.11 Å². The van der Waals surface area contributed by atoms with Gasteiger partial charge in [-0.1, -0.05) is 0 Å². The van der Waals surface area contributed by atoms with Crippen molar-refractivity contribution in [2.24, 2.45) is 0 Å². The van der Waals surface area contributed by atoms with Gasteiger partial charge in [-0.25, -0.2) is 4.79 Å². The lowest BCUT2D eigenvalue weighted by Gasteiger charge is -2.11. The van der Waals surface area contributed by atoms with Crippen LogP contribution >= 0.6 is 0 Å². The van der Waals surface area contributed by atoms with E-state index >= 15 is 0 Å². The second kappa shape index (κ2) is 4.02. The number of carbonyl (C=O) groups is 1. The third-order valence-corrected chi connectivity index (χ3v) is 2.55. The van der Waals surface area contributed by atoms with Gasteiger partial charge in [0.05, 0.1) is 20.8 Å². The molecule has 0 aromatic heterocycles. The van der Waals surface area contributed by atoms with E-state index in [1.54, 1.807) is 19.2 Å². The number of aliphatic carboxylic acids is 1. The Kier molecular flexibility index (Phi) is 2.70. The Morgan fingerprint density at radius 2 is 2.19 bits per heavy atom. The van der Waals surface area contributed by atoms with E-state index in [0.717, 1.165) is 5.56 Å². The number of methoxy groups -OCH3 is 2. The Bertz CT molecular complexity index is 427. The number of benzene rings is 1. The highest BCUT2D eigenvalue weighted by Gasteiger charge is 2.33. The number of ether oxygens (including phenoxy) is 3. The monoisotopic (exact) mass is 224 g/mol. The molecule has 1 aliphatic heterocycles. The smallest absolute Gasteiger partial charge is 0.337 e. The molecule has 1 aliphatic rings. The Morgan fingerprint density at radius 1 is 1.44 bits per heavy atom. The topological polar surface area (TPSA) is 65.0 Å². The Labute approximate surface area is 92.5 Å². The Balaban J connectivity index is 2.52. The Hall–Kier alpha value is -1.75. The maximum Gasteiger partial charge on any atom is 0.337 e. The highest BCUT2D eigenvalue weighted by Crippen LogP contribution is 2.40. The molecule has 1 heterocycles. The van der Waals surface area contributed by atoms with Crippen molar-refractivity contribution in [3.05, 3.63) is 23.3 Å². The van der Waals surface area contributed by atoms with Gasteiger partial charge in [0.2, 0.25) is 0 Å². The predicted molar refractivity (Wildman–Crippen MR) is 54.7 cm³/mol. The van der Waals surface area contributed by atoms with Gasteiger partial charge in [-0.2, -0.15) is 0 Å². The molecule has 1 atom stereocenters. The van der Waals surface area contributed by atoms with E-state index in [-0.39, 0.29) is 6.61 Å². The minimum Gasteiger partial charge on any atom is -0.497 e. The SMILES string of the molecule is COc1cc2c(c(OC)c1)C(C(=O)O)OC2. The van der Waals surface area contributed by atoms with Crippen LogP contribution in [0.3, 0.4) is 0 Å². The summed E-state index contributed by atoms with van der Waals surface area (Å²) in [5, 5.41) is 8.99. The first-order valence-corrected chi connectivity index (χ1v) is 4.76. The number of fused-ring (bicyclic) bond motifs is 1. The molecular formula is C11H12O5. The molecule has 0 spiro atoms. The molecule has 0 aliphatic carbocycles. The Morgan fingerprint density at radius 3 is 2.75 bits per heavy atom. The number of carboxylic acid groups (broad SMARTS) is 1. The standard InChI is InChI=1S/C11H12O5/c1-14-7-3-6-5-16-10(11(12)13)9(6)8(4-7)15-2/h3-4,10H,5H2,1-2H3,(H,12,13). The average molecular weight is 224 g/mol. The van der Waals surface area contributed by atoms with Gasteiger partial charge in [0.25, 0.3) is 0 Å². The molecular weight excluding hydrogens is 212 g/mol. The maximum absolute atomic E-state index is 11.0. The van der Waals surface area contributed by atoms with Crippen molar-refractivity contribution in [1.82, 2.24) is 0 Å². The summed E-state index contributed by atoms with van der Waals surface area (Å²) in [6, 6.07) is 3.42. The van der Waals surface area contributed by atoms with Crippen LogP contribution in [0.25, 0.3) is 0 Å². The molecule has 2 rings (SSSR count). The molecule has 0 radical (unpaired) electrons. The van der Waals surface area contributed by atoms with Crippen molar-refractivity contribution in [1.29, 1.82) is 0 Å². The fourth-order valence-corrected chi connectivity index (χ4v) is 1.81. The van der Waals surface area contributed by atoms with Crippen molar-refractivity contribution >= 4 is 5.97 Å². The lowest BCUT2D eigenvalue weighted by Crippen LogP contribution is -2.10. The number of rotatable bonds is 3. The van der Waals surface area contributed by atoms with E-state index in [2.05, 4.69) is 0 Å². The van der Waals surface area contributed by atoms with Crippen LogP contribution in [0.15, 0.2) is 12.1 Å². The van der Waals surface area contributed by atoms with Gasteiger partial charge in [-0.05, 0) is 11.6 Å². The highest BCUT2D eigenvalue weighted by atomic mass is 16.5. The molecule has 1 unspecified atom stereocenters. The average Bonchev–Trinajstić information content (AvgIpc) is 2.71. The summed E-state index contributed by atoms with van der Waals surface area (Å²) in [6.07, 6.45) is -0.948. The first-order chi connectivity index (χ1) is 7.67. The van der Waals surface area contributed by atoms with Crippen LogP contribution in [0.5, 0.6) is 11.5 Å². The molecule has 0 bridgehead atoms. The van der Waals surface area contributed by atoms with Crippen molar-refractivity contribution in [2.75, 3.05) is 14.2 Å². The lowest BCUT2D eigenvalue weighted by molar-refractivity contribution is -0.150. The molecule has 0 fully saturated rings. The summed E-state index contributed by atoms with van der Waals surface area (Å²) in [5.41, 5.74) is 1.37. The molecule has 86 valence electrons. The van der Waals surface area contributed by atoms with E-state index in [4.69, 9.17) is 19.3 Å². The second-order valence-electron chi connectivity index (χ2n) is 3.43. The van der Waals surface area contributed by atoms with Gasteiger partial charge in [-0.15, -0.1) is 0 Å². The minimum atomic E-state index is -1.01. The molecule has 0 saturated carbocycles. The van der Waals surface area contributed by atoms with Gasteiger partial charge in [0.15, 0.2) is 6.10 Å². The quantitative estimate of drug-likeness (QED) is 0.839. The maximum atomic E-state index is 11.0. The van der Waals surface area contributed by atoms with Gasteiger partial charge in [-0.3, -0.25) is 0 Å². The molecule has 0 saturated heterocycles. The van der Waals surface area contributed by atoms with E-state index in [1.807, 2.05) is 0 Å². The zero-order valence-corrected chi connectivity index (χ0v) is 9.02. The predicted octanol–water partition coefficient (Wildman–Crippen LogP) is 1.36. The molecule has 5 nitrogen and oxygen atoms in total. The summed E-state index contributed by atoms with van der Waals surface area (Å²) < 4.78 is 15.4. The van der Waals surface area contributed by atoms with Crippen LogP contribution in [-0.2, 0) is 16.1 Å². The first-order valence-electron chi connectivity index (χ1n) is 4.76. The number of hydrogen-bond acceptors (Lipinski definition) is 4. The van der Waals surface area contributed by atoms with Crippen molar-refractivity contribution in [3.8, 4) is 11.5 Å². The fraction of sp³-hybridized carbons (Fsp3) is 0.364. The van der Waals surface area contributed by atoms with Crippen LogP contribution in [-0.4, -0.2) is 25.3 Å². The van der Waals surface area contributed by atoms with Crippen LogP contribution in [0.2, 0.25) is 0 Å². The summed E-state index contributed by atoms with van der Waals surface area (Å²) in [6.45, 7) is 0.264. The third kappa shape index (κ3) is 1.59. The van der Waals surface area contributed by atoms with Crippen LogP contribution in [0, 0.1) is 0 Å². The zero-order chi connectivity index (χ0) is 11.7. The summed E-state index contributed by atoms with van der Waals surface area (Å²) in [4.78, 5) is 11.0. The van der Waals surface area contributed by atoms with Crippen LogP contribution in [0.4, 0.5) is 0 Å². The van der Waals surface area contributed by atoms with Crippen molar-refractivity contribution in [2.45, 2.75) is 12.7 Å². The van der Waals surface area contributed by atoms with Gasteiger partial charge in [0.1, 0.15) is 11.5 Å². The molecule has 5 heteroatoms. The van der Waals surface area contributed by atoms with Crippen LogP contribution in [0.1, 0.15) is 17.2 Å². The molecule has 1 N–H and O–H groups in total. The van der Waals surface area contributed by atoms with Gasteiger partial charge >= 0.3 is 5.97 Å². The number of carboxylic acids is 1. The fourth-order valence-electron chi connectivity index (χ4n) is 1.81. The largest absolute Gasteiger partial charge is 0.497 e. The highest BCUT2D eigenvalue weighted by molar-refractivity contribution is 5.77. The van der Waals surface area contributed by atoms with E-state index in [9.17, 15) is 4.79 Å². The van der Waals surface area contributed by atoms with Crippen molar-refractivity contribution in [3.63, 3.8) is 0 Å². The first kappa shape index (κ1) is 10.8. The van der Waals surface area contributed by atoms with E-state index < -0.39 is 12.1 Å². The van der Waals surface area contributed by atoms with Crippen LogP contribution < -0.4 is 9.47 Å². The van der Waals surface area contributed by atoms with Gasteiger partial charge in [0, 0.05) is 11.6 Å². The summed E-state index contributed by atoms with van der Waals surface area (Å²) >= 11 is 0. The van der Waals surface area contributed by atoms with Gasteiger partial charge < -0.3 is 19.3 Å².